The Balaban J connectivity index is 1.86. The first kappa shape index (κ1) is 12.6. The summed E-state index contributed by atoms with van der Waals surface area (Å²) in [7, 11) is 0. The molecule has 1 aromatic carbocycles. The van der Waals surface area contributed by atoms with E-state index >= 15 is 0 Å². The molecule has 20 heavy (non-hydrogen) atoms. The lowest BCUT2D eigenvalue weighted by Gasteiger charge is -2.21. The van der Waals surface area contributed by atoms with Crippen molar-refractivity contribution in [1.29, 1.82) is 0 Å². The number of hydrazine groups is 1. The first-order valence-corrected chi connectivity index (χ1v) is 6.24. The molecule has 1 aromatic rings. The van der Waals surface area contributed by atoms with Gasteiger partial charge in [0.15, 0.2) is 5.78 Å². The van der Waals surface area contributed by atoms with Crippen LogP contribution in [0, 0.1) is 0 Å². The first-order valence-electron chi connectivity index (χ1n) is 6.24. The normalized spacial score (nSPS) is 24.9. The molecule has 2 fully saturated rings. The summed E-state index contributed by atoms with van der Waals surface area (Å²) in [6.07, 6.45) is -1.21. The Labute approximate surface area is 114 Å². The molecular weight excluding hydrogens is 262 g/mol. The van der Waals surface area contributed by atoms with Gasteiger partial charge < -0.3 is 10.0 Å². The van der Waals surface area contributed by atoms with Gasteiger partial charge in [0.05, 0.1) is 12.6 Å². The number of fused-ring (bicyclic) bond motifs is 1. The molecule has 0 aromatic heterocycles. The fourth-order valence-corrected chi connectivity index (χ4v) is 2.75. The van der Waals surface area contributed by atoms with Crippen LogP contribution in [0.3, 0.4) is 0 Å². The zero-order chi connectivity index (χ0) is 14.3. The predicted molar refractivity (Wildman–Crippen MR) is 67.9 cm³/mol. The van der Waals surface area contributed by atoms with Crippen LogP contribution < -0.4 is 5.43 Å². The number of Topliss-reactive ketones (excluding diaryl/α,β-unsaturated/α-hetero) is 1. The summed E-state index contributed by atoms with van der Waals surface area (Å²) in [5, 5.41) is 9.92. The monoisotopic (exact) mass is 275 g/mol. The Morgan fingerprint density at radius 3 is 2.60 bits per heavy atom. The van der Waals surface area contributed by atoms with E-state index < -0.39 is 18.2 Å². The number of hydrogen-bond acceptors (Lipinski definition) is 4. The van der Waals surface area contributed by atoms with Gasteiger partial charge in [0, 0.05) is 12.1 Å². The molecule has 0 saturated carbocycles. The summed E-state index contributed by atoms with van der Waals surface area (Å²) >= 11 is 0. The van der Waals surface area contributed by atoms with Gasteiger partial charge in [0.2, 0.25) is 0 Å². The van der Waals surface area contributed by atoms with Gasteiger partial charge in [-0.1, -0.05) is 18.2 Å². The number of rotatable bonds is 1. The van der Waals surface area contributed by atoms with E-state index in [1.807, 2.05) is 0 Å². The highest BCUT2D eigenvalue weighted by molar-refractivity contribution is 6.01. The Kier molecular flexibility index (Phi) is 2.90. The third-order valence-electron chi connectivity index (χ3n) is 3.66. The number of hydrogen-bond donors (Lipinski definition) is 2. The number of carboxylic acid groups (broad SMARTS) is 1. The minimum Gasteiger partial charge on any atom is -0.464 e. The average Bonchev–Trinajstić information content (AvgIpc) is 3.01. The van der Waals surface area contributed by atoms with Gasteiger partial charge in [-0.3, -0.25) is 9.59 Å². The van der Waals surface area contributed by atoms with Gasteiger partial charge >= 0.3 is 6.09 Å². The smallest absolute Gasteiger partial charge is 0.422 e. The minimum atomic E-state index is -1.21. The molecule has 0 aliphatic carbocycles. The summed E-state index contributed by atoms with van der Waals surface area (Å²) in [6.45, 7) is 0.218. The average molecular weight is 275 g/mol. The van der Waals surface area contributed by atoms with E-state index in [1.54, 1.807) is 30.3 Å². The second-order valence-electron chi connectivity index (χ2n) is 4.79. The van der Waals surface area contributed by atoms with Crippen molar-refractivity contribution < 1.29 is 19.5 Å². The van der Waals surface area contributed by atoms with Crippen LogP contribution in [0.15, 0.2) is 30.3 Å². The lowest BCUT2D eigenvalue weighted by Crippen LogP contribution is -2.45. The second-order valence-corrected chi connectivity index (χ2v) is 4.79. The fraction of sp³-hybridized carbons (Fsp3) is 0.308. The van der Waals surface area contributed by atoms with E-state index in [1.165, 1.54) is 4.90 Å². The summed E-state index contributed by atoms with van der Waals surface area (Å²) in [5.41, 5.74) is 3.14. The van der Waals surface area contributed by atoms with E-state index in [4.69, 9.17) is 5.11 Å². The number of carbonyl (C=O) groups is 3. The number of nitrogens with one attached hydrogen (secondary N) is 1. The molecule has 2 atom stereocenters. The van der Waals surface area contributed by atoms with Gasteiger partial charge in [0.25, 0.3) is 5.91 Å². The molecule has 2 aliphatic rings. The predicted octanol–water partition coefficient (Wildman–Crippen LogP) is -0.0531. The first-order chi connectivity index (χ1) is 9.59. The highest BCUT2D eigenvalue weighted by Gasteiger charge is 2.51. The van der Waals surface area contributed by atoms with E-state index in [2.05, 4.69) is 5.43 Å². The van der Waals surface area contributed by atoms with Gasteiger partial charge in [-0.15, -0.1) is 0 Å². The highest BCUT2D eigenvalue weighted by Crippen LogP contribution is 2.25. The van der Waals surface area contributed by atoms with Crippen LogP contribution in [-0.2, 0) is 4.79 Å². The number of ketones is 1. The minimum absolute atomic E-state index is 0.0471. The molecule has 104 valence electrons. The molecule has 0 spiro atoms. The molecule has 3 rings (SSSR count). The van der Waals surface area contributed by atoms with Crippen LogP contribution in [0.4, 0.5) is 4.79 Å². The van der Waals surface area contributed by atoms with E-state index in [9.17, 15) is 14.4 Å². The zero-order valence-corrected chi connectivity index (χ0v) is 10.5. The van der Waals surface area contributed by atoms with Crippen molar-refractivity contribution in [2.75, 3.05) is 13.1 Å². The molecule has 0 radical (unpaired) electrons. The van der Waals surface area contributed by atoms with Gasteiger partial charge in [-0.05, 0) is 12.1 Å². The second kappa shape index (κ2) is 4.61. The van der Waals surface area contributed by atoms with Crippen molar-refractivity contribution in [2.45, 2.75) is 12.1 Å². The number of benzene rings is 1. The van der Waals surface area contributed by atoms with Crippen LogP contribution in [0.1, 0.15) is 10.4 Å². The maximum atomic E-state index is 12.4. The Hall–Kier alpha value is -2.41. The van der Waals surface area contributed by atoms with Crippen molar-refractivity contribution in [3.8, 4) is 0 Å². The van der Waals surface area contributed by atoms with E-state index in [-0.39, 0.29) is 24.8 Å². The van der Waals surface area contributed by atoms with Crippen LogP contribution >= 0.6 is 0 Å². The van der Waals surface area contributed by atoms with E-state index in [0.29, 0.717) is 5.56 Å². The molecule has 2 aliphatic heterocycles. The Morgan fingerprint density at radius 1 is 1.25 bits per heavy atom. The fourth-order valence-electron chi connectivity index (χ4n) is 2.75. The van der Waals surface area contributed by atoms with Crippen molar-refractivity contribution in [3.05, 3.63) is 35.9 Å². The number of amides is 2. The van der Waals surface area contributed by atoms with Crippen molar-refractivity contribution in [2.24, 2.45) is 0 Å². The zero-order valence-electron chi connectivity index (χ0n) is 10.5. The largest absolute Gasteiger partial charge is 0.464 e. The summed E-state index contributed by atoms with van der Waals surface area (Å²) < 4.78 is 0. The maximum Gasteiger partial charge on any atom is 0.422 e. The van der Waals surface area contributed by atoms with Crippen molar-refractivity contribution in [3.63, 3.8) is 0 Å². The van der Waals surface area contributed by atoms with Gasteiger partial charge in [0.1, 0.15) is 6.04 Å². The van der Waals surface area contributed by atoms with Crippen LogP contribution in [0.2, 0.25) is 0 Å². The van der Waals surface area contributed by atoms with Crippen LogP contribution in [0.25, 0.3) is 0 Å². The number of carbonyl (C=O) groups excluding carboxylic acids is 2. The molecule has 0 bridgehead atoms. The van der Waals surface area contributed by atoms with Crippen LogP contribution in [-0.4, -0.2) is 58.0 Å². The summed E-state index contributed by atoms with van der Waals surface area (Å²) in [4.78, 5) is 36.9. The highest BCUT2D eigenvalue weighted by atomic mass is 16.4. The lowest BCUT2D eigenvalue weighted by atomic mass is 10.1. The summed E-state index contributed by atoms with van der Waals surface area (Å²) in [5.74, 6) is -0.507. The van der Waals surface area contributed by atoms with Gasteiger partial charge in [-0.25, -0.2) is 15.2 Å². The molecule has 2 N–H and O–H groups in total. The van der Waals surface area contributed by atoms with Crippen molar-refractivity contribution >= 4 is 17.8 Å². The Morgan fingerprint density at radius 2 is 1.95 bits per heavy atom. The third kappa shape index (κ3) is 1.83. The number of likely N-dealkylation sites (tertiary alicyclic amines) is 1. The molecular formula is C13H13N3O4. The Bertz CT molecular complexity index is 574. The lowest BCUT2D eigenvalue weighted by molar-refractivity contribution is -0.120. The molecule has 2 heterocycles. The SMILES string of the molecule is O=C1CN(C(=O)c2ccccc2)[C@@H]2CNN(C(=O)O)[C@H]12. The third-order valence-corrected chi connectivity index (χ3v) is 3.66. The van der Waals surface area contributed by atoms with Gasteiger partial charge in [-0.2, -0.15) is 0 Å². The summed E-state index contributed by atoms with van der Waals surface area (Å²) in [6, 6.07) is 7.41. The van der Waals surface area contributed by atoms with E-state index in [0.717, 1.165) is 5.01 Å². The van der Waals surface area contributed by atoms with Crippen molar-refractivity contribution in [1.82, 2.24) is 15.3 Å². The van der Waals surface area contributed by atoms with Crippen LogP contribution in [0.5, 0.6) is 0 Å². The topological polar surface area (TPSA) is 90.0 Å². The molecule has 7 nitrogen and oxygen atoms in total. The molecule has 0 unspecified atom stereocenters. The quantitative estimate of drug-likeness (QED) is 0.750. The molecule has 2 amide bonds. The molecule has 2 saturated heterocycles. The maximum absolute atomic E-state index is 12.4. The molecule has 7 heteroatoms. The number of nitrogens with zero attached hydrogens (tertiary/aromatic N) is 2. The standard InChI is InChI=1S/C13H13N3O4/c17-10-7-15(12(18)8-4-2-1-3-5-8)9-6-14-16(11(9)10)13(19)20/h1-5,9,11,14H,6-7H2,(H,19,20)/t9-,11+/m1/s1.